The van der Waals surface area contributed by atoms with Crippen molar-refractivity contribution in [1.82, 2.24) is 16.0 Å². The first-order chi connectivity index (χ1) is 7.63. The Labute approximate surface area is 105 Å². The Hall–Kier alpha value is -0.723. The van der Waals surface area contributed by atoms with Crippen LogP contribution in [0.25, 0.3) is 0 Å². The summed E-state index contributed by atoms with van der Waals surface area (Å²) in [5, 5.41) is 2.18. The second-order valence-electron chi connectivity index (χ2n) is 6.15. The van der Waals surface area contributed by atoms with E-state index in [4.69, 9.17) is 10.2 Å². The molecule has 6 heteroatoms. The highest BCUT2D eigenvalue weighted by molar-refractivity contribution is 6.74. The van der Waals surface area contributed by atoms with Gasteiger partial charge in [0.05, 0.1) is 18.8 Å². The predicted octanol–water partition coefficient (Wildman–Crippen LogP) is 1.48. The smallest absolute Gasteiger partial charge is 0.192 e. The van der Waals surface area contributed by atoms with Crippen LogP contribution in [0.3, 0.4) is 0 Å². The van der Waals surface area contributed by atoms with E-state index in [1.54, 1.807) is 0 Å². The zero-order chi connectivity index (χ0) is 13.3. The second kappa shape index (κ2) is 4.87. The van der Waals surface area contributed by atoms with Gasteiger partial charge in [0.15, 0.2) is 8.32 Å². The van der Waals surface area contributed by atoms with Gasteiger partial charge in [-0.2, -0.15) is 0 Å². The molecule has 0 saturated heterocycles. The average molecular weight is 258 g/mol. The van der Waals surface area contributed by atoms with Gasteiger partial charge >= 0.3 is 0 Å². The van der Waals surface area contributed by atoms with Gasteiger partial charge in [-0.1, -0.05) is 20.8 Å². The van der Waals surface area contributed by atoms with Crippen LogP contribution in [0.4, 0.5) is 0 Å². The largest absolute Gasteiger partial charge is 0.415 e. The number of nitrogens with one attached hydrogen (secondary N) is 2. The third kappa shape index (κ3) is 3.62. The Morgan fingerprint density at radius 3 is 2.47 bits per heavy atom. The summed E-state index contributed by atoms with van der Waals surface area (Å²) >= 11 is 0. The lowest BCUT2D eigenvalue weighted by Crippen LogP contribution is -2.48. The number of hydrogen-bond donors (Lipinski definition) is 3. The van der Waals surface area contributed by atoms with Crippen molar-refractivity contribution >= 4 is 8.32 Å². The lowest BCUT2D eigenvalue weighted by molar-refractivity contribution is 0.138. The molecule has 1 aliphatic rings. The molecule has 5 nitrogen and oxygen atoms in total. The van der Waals surface area contributed by atoms with Gasteiger partial charge in [0.2, 0.25) is 0 Å². The Kier molecular flexibility index (Phi) is 4.11. The molecule has 100 valence electrons. The highest BCUT2D eigenvalue weighted by Gasteiger charge is 2.37. The predicted molar refractivity (Wildman–Crippen MR) is 73.0 cm³/mol. The van der Waals surface area contributed by atoms with Gasteiger partial charge in [-0.25, -0.2) is 0 Å². The molecule has 0 aromatic heterocycles. The number of hydrazine groups is 2. The minimum atomic E-state index is -1.66. The summed E-state index contributed by atoms with van der Waals surface area (Å²) in [6.45, 7) is 14.1. The first-order valence-corrected chi connectivity index (χ1v) is 8.95. The summed E-state index contributed by atoms with van der Waals surface area (Å²) in [6.07, 6.45) is 1.85. The molecule has 4 N–H and O–H groups in total. The molecular formula is C11H26N4OSi. The zero-order valence-electron chi connectivity index (χ0n) is 11.8. The fourth-order valence-corrected chi connectivity index (χ4v) is 2.30. The van der Waals surface area contributed by atoms with Crippen molar-refractivity contribution in [2.75, 3.05) is 6.61 Å². The summed E-state index contributed by atoms with van der Waals surface area (Å²) in [5.41, 5.74) is 11.5. The third-order valence-electron chi connectivity index (χ3n) is 3.57. The minimum Gasteiger partial charge on any atom is -0.415 e. The van der Waals surface area contributed by atoms with E-state index >= 15 is 0 Å². The van der Waals surface area contributed by atoms with E-state index in [2.05, 4.69) is 51.7 Å². The summed E-state index contributed by atoms with van der Waals surface area (Å²) in [4.78, 5) is 0. The van der Waals surface area contributed by atoms with Crippen LogP contribution in [0.15, 0.2) is 12.0 Å². The van der Waals surface area contributed by atoms with E-state index in [9.17, 15) is 0 Å². The van der Waals surface area contributed by atoms with E-state index < -0.39 is 8.32 Å². The van der Waals surface area contributed by atoms with Gasteiger partial charge in [0.1, 0.15) is 5.82 Å². The van der Waals surface area contributed by atoms with Crippen LogP contribution in [0.5, 0.6) is 0 Å². The van der Waals surface area contributed by atoms with Crippen molar-refractivity contribution in [3.8, 4) is 0 Å². The van der Waals surface area contributed by atoms with Crippen LogP contribution in [0.2, 0.25) is 18.1 Å². The SMILES string of the molecule is CC(CO[Si](C)(C)C(C)(C)C)N1C=C(N)NN1. The molecule has 1 atom stereocenters. The van der Waals surface area contributed by atoms with Crippen molar-refractivity contribution in [3.63, 3.8) is 0 Å². The molecule has 1 heterocycles. The van der Waals surface area contributed by atoms with Crippen LogP contribution in [0.1, 0.15) is 27.7 Å². The van der Waals surface area contributed by atoms with E-state index in [-0.39, 0.29) is 11.1 Å². The molecule has 1 aliphatic heterocycles. The number of hydrogen-bond acceptors (Lipinski definition) is 5. The Morgan fingerprint density at radius 2 is 2.06 bits per heavy atom. The van der Waals surface area contributed by atoms with E-state index in [0.717, 1.165) is 0 Å². The van der Waals surface area contributed by atoms with Crippen LogP contribution < -0.4 is 16.7 Å². The summed E-state index contributed by atoms with van der Waals surface area (Å²) in [7, 11) is -1.66. The van der Waals surface area contributed by atoms with E-state index in [1.807, 2.05) is 11.2 Å². The maximum atomic E-state index is 6.16. The van der Waals surface area contributed by atoms with Crippen LogP contribution in [-0.2, 0) is 4.43 Å². The molecule has 0 fully saturated rings. The molecule has 0 aromatic carbocycles. The normalized spacial score (nSPS) is 18.9. The van der Waals surface area contributed by atoms with Crippen molar-refractivity contribution < 1.29 is 4.43 Å². The Bertz CT molecular complexity index is 298. The quantitative estimate of drug-likeness (QED) is 0.667. The highest BCUT2D eigenvalue weighted by atomic mass is 28.4. The van der Waals surface area contributed by atoms with Crippen molar-refractivity contribution in [3.05, 3.63) is 12.0 Å². The van der Waals surface area contributed by atoms with Gasteiger partial charge in [-0.15, -0.1) is 5.53 Å². The molecule has 0 saturated carbocycles. The van der Waals surface area contributed by atoms with Crippen molar-refractivity contribution in [2.24, 2.45) is 5.73 Å². The van der Waals surface area contributed by atoms with Crippen molar-refractivity contribution in [2.45, 2.75) is 51.9 Å². The zero-order valence-corrected chi connectivity index (χ0v) is 12.8. The van der Waals surface area contributed by atoms with Crippen LogP contribution in [-0.4, -0.2) is 26.0 Å². The van der Waals surface area contributed by atoms with Gasteiger partial charge in [-0.05, 0) is 25.1 Å². The average Bonchev–Trinajstić information content (AvgIpc) is 2.59. The monoisotopic (exact) mass is 258 g/mol. The molecule has 0 amide bonds. The number of nitrogens with two attached hydrogens (primary N) is 1. The molecule has 0 bridgehead atoms. The highest BCUT2D eigenvalue weighted by Crippen LogP contribution is 2.36. The fraction of sp³-hybridized carbons (Fsp3) is 0.818. The van der Waals surface area contributed by atoms with Crippen LogP contribution in [0, 0.1) is 0 Å². The third-order valence-corrected chi connectivity index (χ3v) is 8.07. The Morgan fingerprint density at radius 1 is 1.47 bits per heavy atom. The summed E-state index contributed by atoms with van der Waals surface area (Å²) in [6, 6.07) is 0.248. The summed E-state index contributed by atoms with van der Waals surface area (Å²) in [5.74, 6) is 0.629. The molecule has 0 radical (unpaired) electrons. The van der Waals surface area contributed by atoms with Gasteiger partial charge in [-0.3, -0.25) is 10.4 Å². The molecule has 17 heavy (non-hydrogen) atoms. The minimum absolute atomic E-state index is 0.248. The Balaban J connectivity index is 2.46. The maximum absolute atomic E-state index is 6.16. The molecule has 0 spiro atoms. The molecule has 0 aromatic rings. The van der Waals surface area contributed by atoms with E-state index in [0.29, 0.717) is 12.4 Å². The first-order valence-electron chi connectivity index (χ1n) is 6.05. The van der Waals surface area contributed by atoms with Gasteiger partial charge < -0.3 is 10.2 Å². The van der Waals surface area contributed by atoms with Gasteiger partial charge in [0.25, 0.3) is 0 Å². The fourth-order valence-electron chi connectivity index (χ4n) is 1.21. The summed E-state index contributed by atoms with van der Waals surface area (Å²) < 4.78 is 6.16. The lowest BCUT2D eigenvalue weighted by atomic mass is 10.2. The first kappa shape index (κ1) is 14.3. The second-order valence-corrected chi connectivity index (χ2v) is 11.0. The lowest BCUT2D eigenvalue weighted by Gasteiger charge is -2.37. The topological polar surface area (TPSA) is 62.6 Å². The van der Waals surface area contributed by atoms with Crippen LogP contribution >= 0.6 is 0 Å². The molecule has 0 aliphatic carbocycles. The van der Waals surface area contributed by atoms with Gasteiger partial charge in [0, 0.05) is 0 Å². The maximum Gasteiger partial charge on any atom is 0.192 e. The molecular weight excluding hydrogens is 232 g/mol. The molecule has 1 unspecified atom stereocenters. The number of nitrogens with zero attached hydrogens (tertiary/aromatic N) is 1. The van der Waals surface area contributed by atoms with Crippen molar-refractivity contribution in [1.29, 1.82) is 0 Å². The van der Waals surface area contributed by atoms with E-state index in [1.165, 1.54) is 0 Å². The standard InChI is InChI=1S/C11H26N4OSi/c1-9(15-7-10(12)13-14-15)8-16-17(5,6)11(2,3)4/h7,9,13-14H,8,12H2,1-6H3. The number of rotatable bonds is 4. The molecule has 1 rings (SSSR count).